The van der Waals surface area contributed by atoms with Gasteiger partial charge in [0, 0.05) is 23.8 Å². The van der Waals surface area contributed by atoms with Gasteiger partial charge in [-0.05, 0) is 31.6 Å². The first-order valence-electron chi connectivity index (χ1n) is 11.0. The van der Waals surface area contributed by atoms with Gasteiger partial charge in [0.15, 0.2) is 11.4 Å². The van der Waals surface area contributed by atoms with E-state index in [1.807, 2.05) is 0 Å². The van der Waals surface area contributed by atoms with Crippen molar-refractivity contribution in [3.8, 4) is 5.75 Å². The molecule has 1 amide bonds. The van der Waals surface area contributed by atoms with E-state index in [0.29, 0.717) is 5.56 Å². The molecule has 1 aromatic rings. The Kier molecular flexibility index (Phi) is 5.73. The lowest BCUT2D eigenvalue weighted by Gasteiger charge is -2.51. The van der Waals surface area contributed by atoms with Gasteiger partial charge in [-0.2, -0.15) is 0 Å². The summed E-state index contributed by atoms with van der Waals surface area (Å²) in [7, 11) is 3.25. The maximum Gasteiger partial charge on any atom is 0.320 e. The molecule has 0 saturated heterocycles. The Morgan fingerprint density at radius 2 is 1.86 bits per heavy atom. The molecule has 11 nitrogen and oxygen atoms in total. The third-order valence-corrected chi connectivity index (χ3v) is 7.05. The number of phenols is 1. The fourth-order valence-corrected chi connectivity index (χ4v) is 5.53. The summed E-state index contributed by atoms with van der Waals surface area (Å²) in [5, 5.41) is 43.9. The number of ketones is 2. The summed E-state index contributed by atoms with van der Waals surface area (Å²) in [4.78, 5) is 52.5. The molecule has 0 aliphatic heterocycles. The Morgan fingerprint density at radius 1 is 1.20 bits per heavy atom. The second kappa shape index (κ2) is 8.21. The lowest BCUT2D eigenvalue weighted by molar-refractivity contribution is -0.179. The molecule has 186 valence electrons. The summed E-state index contributed by atoms with van der Waals surface area (Å²) in [6.45, 7) is 1.52. The van der Waals surface area contributed by atoms with Gasteiger partial charge in [0.25, 0.3) is 5.91 Å². The highest BCUT2D eigenvalue weighted by molar-refractivity contribution is 6.23. The van der Waals surface area contributed by atoms with Gasteiger partial charge in [-0.15, -0.1) is 0 Å². The topological polar surface area (TPSA) is 188 Å². The monoisotopic (exact) mass is 486 g/mol. The molecule has 6 N–H and O–H groups in total. The van der Waals surface area contributed by atoms with Gasteiger partial charge in [-0.3, -0.25) is 24.1 Å². The molecule has 4 rings (SSSR count). The second-order valence-electron chi connectivity index (χ2n) is 9.43. The van der Waals surface area contributed by atoms with Crippen molar-refractivity contribution in [2.45, 2.75) is 31.0 Å². The van der Waals surface area contributed by atoms with Crippen LogP contribution in [0, 0.1) is 11.8 Å². The van der Waals surface area contributed by atoms with E-state index in [1.54, 1.807) is 33.2 Å². The van der Waals surface area contributed by atoms with E-state index >= 15 is 0 Å². The quantitative estimate of drug-likeness (QED) is 0.288. The van der Waals surface area contributed by atoms with Crippen LogP contribution in [0.1, 0.15) is 30.4 Å². The van der Waals surface area contributed by atoms with Gasteiger partial charge in [0.1, 0.15) is 28.9 Å². The normalized spacial score (nSPS) is 30.1. The first kappa shape index (κ1) is 24.4. The lowest BCUT2D eigenvalue weighted by atomic mass is 9.55. The first-order chi connectivity index (χ1) is 16.3. The Balaban J connectivity index is 2.00. The molecule has 1 fully saturated rings. The number of hydrogen-bond donors (Lipinski definition) is 5. The number of Topliss-reactive ketones (excluding diaryl/α,β-unsaturated/α-hetero) is 2. The van der Waals surface area contributed by atoms with E-state index in [1.165, 1.54) is 11.0 Å². The largest absolute Gasteiger partial charge is 0.508 e. The molecule has 0 aromatic heterocycles. The average molecular weight is 486 g/mol. The number of esters is 1. The van der Waals surface area contributed by atoms with Crippen LogP contribution in [0.15, 0.2) is 35.1 Å². The van der Waals surface area contributed by atoms with Gasteiger partial charge < -0.3 is 30.9 Å². The minimum Gasteiger partial charge on any atom is -0.508 e. The minimum absolute atomic E-state index is 0.0366. The van der Waals surface area contributed by atoms with Crippen LogP contribution in [-0.2, 0) is 23.9 Å². The zero-order chi connectivity index (χ0) is 26.0. The molecular weight excluding hydrogens is 460 g/mol. The lowest BCUT2D eigenvalue weighted by Crippen LogP contribution is -2.64. The van der Waals surface area contributed by atoms with E-state index < -0.39 is 82.0 Å². The summed E-state index contributed by atoms with van der Waals surface area (Å²) in [6.07, 6.45) is -1.97. The van der Waals surface area contributed by atoms with E-state index in [-0.39, 0.29) is 17.9 Å². The molecule has 1 aromatic carbocycles. The van der Waals surface area contributed by atoms with E-state index in [4.69, 9.17) is 10.5 Å². The number of nitrogens with zero attached hydrogens (tertiary/aromatic N) is 1. The zero-order valence-corrected chi connectivity index (χ0v) is 19.3. The van der Waals surface area contributed by atoms with Crippen molar-refractivity contribution >= 4 is 29.2 Å². The number of nitrogens with two attached hydrogens (primary N) is 1. The van der Waals surface area contributed by atoms with Gasteiger partial charge >= 0.3 is 5.97 Å². The number of hydrogen-bond acceptors (Lipinski definition) is 10. The second-order valence-corrected chi connectivity index (χ2v) is 9.43. The van der Waals surface area contributed by atoms with Crippen LogP contribution in [0.2, 0.25) is 0 Å². The van der Waals surface area contributed by atoms with Gasteiger partial charge in [-0.25, -0.2) is 0 Å². The summed E-state index contributed by atoms with van der Waals surface area (Å²) in [5.74, 6) is -9.49. The molecule has 5 atom stereocenters. The highest BCUT2D eigenvalue weighted by Crippen LogP contribution is 2.56. The fraction of sp³-hybridized carbons (Fsp3) is 0.417. The Labute approximate surface area is 200 Å². The molecule has 0 radical (unpaired) electrons. The van der Waals surface area contributed by atoms with Crippen LogP contribution in [-0.4, -0.2) is 81.1 Å². The standard InChI is InChI=1S/C24H26N2O9/c1-9-10-5-4-6-12(27)16(10)19(30)18-15(9)20(35-14(29)8-26(2)3)11-7-13(28)17(23(25)33)21(31)24(11,34)22(18)32/h4-6,9,11,15,20,27,30-31,34H,7-8H2,1-3H3,(H2,25,33)/t9-,11+,15+,20+,24+/m0/s1. The van der Waals surface area contributed by atoms with Crippen molar-refractivity contribution in [2.24, 2.45) is 17.6 Å². The van der Waals surface area contributed by atoms with Crippen LogP contribution in [0.5, 0.6) is 5.75 Å². The van der Waals surface area contributed by atoms with Crippen LogP contribution in [0.4, 0.5) is 0 Å². The number of carbonyl (C=O) groups is 4. The number of fused-ring (bicyclic) bond motifs is 3. The number of amides is 1. The summed E-state index contributed by atoms with van der Waals surface area (Å²) in [6, 6.07) is 4.49. The van der Waals surface area contributed by atoms with E-state index in [2.05, 4.69) is 0 Å². The minimum atomic E-state index is -2.87. The van der Waals surface area contributed by atoms with Crippen LogP contribution in [0.25, 0.3) is 5.76 Å². The highest BCUT2D eigenvalue weighted by Gasteiger charge is 2.66. The fourth-order valence-electron chi connectivity index (χ4n) is 5.53. The van der Waals surface area contributed by atoms with Crippen LogP contribution < -0.4 is 5.73 Å². The van der Waals surface area contributed by atoms with Crippen LogP contribution in [0.3, 0.4) is 0 Å². The molecule has 35 heavy (non-hydrogen) atoms. The SMILES string of the molecule is C[C@H]1c2cccc(O)c2C(O)=C2C(=O)[C@]3(O)C(O)=C(C(N)=O)C(=O)C[C@@H]3[C@@H](OC(=O)CN(C)C)[C@@H]21. The molecule has 3 aliphatic rings. The van der Waals surface area contributed by atoms with Crippen molar-refractivity contribution in [1.29, 1.82) is 0 Å². The predicted molar refractivity (Wildman–Crippen MR) is 120 cm³/mol. The van der Waals surface area contributed by atoms with Gasteiger partial charge in [-0.1, -0.05) is 19.1 Å². The average Bonchev–Trinajstić information content (AvgIpc) is 2.75. The molecular formula is C24H26N2O9. The van der Waals surface area contributed by atoms with E-state index in [9.17, 15) is 39.6 Å². The summed E-state index contributed by atoms with van der Waals surface area (Å²) < 4.78 is 5.71. The number of ether oxygens (including phenoxy) is 1. The number of phenolic OH excluding ortho intramolecular Hbond substituents is 1. The van der Waals surface area contributed by atoms with Gasteiger partial charge in [0.2, 0.25) is 5.78 Å². The zero-order valence-electron chi connectivity index (χ0n) is 19.3. The van der Waals surface area contributed by atoms with Crippen molar-refractivity contribution in [1.82, 2.24) is 4.90 Å². The first-order valence-corrected chi connectivity index (χ1v) is 11.0. The molecule has 0 unspecified atom stereocenters. The molecule has 0 spiro atoms. The Hall–Kier alpha value is -3.70. The predicted octanol–water partition coefficient (Wildman–Crippen LogP) is 0.0682. The molecule has 3 aliphatic carbocycles. The number of carbonyl (C=O) groups excluding carboxylic acids is 4. The van der Waals surface area contributed by atoms with Crippen molar-refractivity contribution < 1.29 is 44.3 Å². The Morgan fingerprint density at radius 3 is 2.46 bits per heavy atom. The smallest absolute Gasteiger partial charge is 0.320 e. The number of likely N-dealkylation sites (N-methyl/N-ethyl adjacent to an activating group) is 1. The number of aromatic hydroxyl groups is 1. The van der Waals surface area contributed by atoms with E-state index in [0.717, 1.165) is 0 Å². The number of rotatable bonds is 4. The third-order valence-electron chi connectivity index (χ3n) is 7.05. The van der Waals surface area contributed by atoms with Gasteiger partial charge in [0.05, 0.1) is 12.1 Å². The maximum absolute atomic E-state index is 13.7. The third kappa shape index (κ3) is 3.41. The molecule has 11 heteroatoms. The number of aliphatic hydroxyl groups is 3. The number of primary amides is 1. The van der Waals surface area contributed by atoms with Crippen molar-refractivity contribution in [3.05, 3.63) is 46.2 Å². The summed E-state index contributed by atoms with van der Waals surface area (Å²) >= 11 is 0. The summed E-state index contributed by atoms with van der Waals surface area (Å²) in [5.41, 5.74) is 1.45. The number of benzene rings is 1. The maximum atomic E-state index is 13.7. The molecule has 0 bridgehead atoms. The number of aliphatic hydroxyl groups excluding tert-OH is 2. The Bertz CT molecular complexity index is 1230. The highest BCUT2D eigenvalue weighted by atomic mass is 16.5. The molecule has 1 saturated carbocycles. The van der Waals surface area contributed by atoms with Crippen molar-refractivity contribution in [2.75, 3.05) is 20.6 Å². The van der Waals surface area contributed by atoms with Crippen molar-refractivity contribution in [3.63, 3.8) is 0 Å². The molecule has 0 heterocycles. The van der Waals surface area contributed by atoms with Crippen LogP contribution >= 0.6 is 0 Å².